The van der Waals surface area contributed by atoms with Crippen LogP contribution in [0.2, 0.25) is 0 Å². The number of nitrogens with one attached hydrogen (secondary N) is 1. The maximum atomic E-state index is 10.7. The molecule has 4 N–H and O–H groups in total. The Balaban J connectivity index is 2.35. The lowest BCUT2D eigenvalue weighted by Gasteiger charge is -2.08. The van der Waals surface area contributed by atoms with Crippen LogP contribution in [0, 0.1) is 5.92 Å². The molecule has 5 heteroatoms. The fourth-order valence-corrected chi connectivity index (χ4v) is 1.55. The predicted molar refractivity (Wildman–Crippen MR) is 41.5 cm³/mol. The van der Waals surface area contributed by atoms with Gasteiger partial charge in [0.25, 0.3) is 0 Å². The van der Waals surface area contributed by atoms with Gasteiger partial charge in [-0.25, -0.2) is 4.79 Å². The van der Waals surface area contributed by atoms with Crippen molar-refractivity contribution in [2.75, 3.05) is 0 Å². The number of nitrogens with two attached hydrogens (primary N) is 1. The number of carbonyl (C=O) groups is 2. The Morgan fingerprint density at radius 2 is 2.08 bits per heavy atom. The average Bonchev–Trinajstić information content (AvgIpc) is 2.34. The van der Waals surface area contributed by atoms with Crippen LogP contribution in [0.4, 0.5) is 4.79 Å². The van der Waals surface area contributed by atoms with Gasteiger partial charge in [-0.1, -0.05) is 0 Å². The van der Waals surface area contributed by atoms with Crippen molar-refractivity contribution in [2.24, 2.45) is 11.7 Å². The molecule has 0 radical (unpaired) electrons. The molecule has 0 saturated heterocycles. The molecular weight excluding hydrogens is 160 g/mol. The molecule has 0 heterocycles. The van der Waals surface area contributed by atoms with Gasteiger partial charge in [-0.05, 0) is 19.3 Å². The van der Waals surface area contributed by atoms with Gasteiger partial charge in [0.15, 0.2) is 0 Å². The molecule has 5 nitrogen and oxygen atoms in total. The van der Waals surface area contributed by atoms with Crippen molar-refractivity contribution in [2.45, 2.75) is 25.3 Å². The van der Waals surface area contributed by atoms with E-state index in [1.807, 2.05) is 0 Å². The first-order valence-electron chi connectivity index (χ1n) is 3.88. The Morgan fingerprint density at radius 1 is 1.42 bits per heavy atom. The van der Waals surface area contributed by atoms with Crippen molar-refractivity contribution < 1.29 is 14.7 Å². The summed E-state index contributed by atoms with van der Waals surface area (Å²) >= 11 is 0. The quantitative estimate of drug-likeness (QED) is 0.543. The first kappa shape index (κ1) is 8.83. The Bertz CT molecular complexity index is 205. The highest BCUT2D eigenvalue weighted by Gasteiger charge is 2.28. The van der Waals surface area contributed by atoms with Crippen LogP contribution >= 0.6 is 0 Å². The Morgan fingerprint density at radius 3 is 2.50 bits per heavy atom. The van der Waals surface area contributed by atoms with Gasteiger partial charge < -0.3 is 16.2 Å². The Hall–Kier alpha value is -1.26. The molecule has 1 aliphatic carbocycles. The topological polar surface area (TPSA) is 92.4 Å². The van der Waals surface area contributed by atoms with Gasteiger partial charge in [0.05, 0.1) is 0 Å². The number of rotatable bonds is 2. The van der Waals surface area contributed by atoms with E-state index in [4.69, 9.17) is 10.8 Å². The SMILES string of the molecule is NC(=O)[C@H]1CCC(NC(=O)O)C1. The van der Waals surface area contributed by atoms with Gasteiger partial charge in [0.2, 0.25) is 5.91 Å². The van der Waals surface area contributed by atoms with E-state index in [0.29, 0.717) is 19.3 Å². The summed E-state index contributed by atoms with van der Waals surface area (Å²) in [6, 6.07) is -0.0972. The van der Waals surface area contributed by atoms with E-state index < -0.39 is 6.09 Å². The van der Waals surface area contributed by atoms with E-state index in [2.05, 4.69) is 5.32 Å². The van der Waals surface area contributed by atoms with E-state index in [9.17, 15) is 9.59 Å². The largest absolute Gasteiger partial charge is 0.465 e. The van der Waals surface area contributed by atoms with Crippen molar-refractivity contribution >= 4 is 12.0 Å². The van der Waals surface area contributed by atoms with Crippen LogP contribution in [0.5, 0.6) is 0 Å². The summed E-state index contributed by atoms with van der Waals surface area (Å²) in [4.78, 5) is 20.9. The highest BCUT2D eigenvalue weighted by Crippen LogP contribution is 2.24. The second-order valence-electron chi connectivity index (χ2n) is 3.06. The van der Waals surface area contributed by atoms with E-state index in [1.165, 1.54) is 0 Å². The fraction of sp³-hybridized carbons (Fsp3) is 0.714. The molecule has 68 valence electrons. The van der Waals surface area contributed by atoms with Gasteiger partial charge in [-0.15, -0.1) is 0 Å². The molecular formula is C7H12N2O3. The molecule has 12 heavy (non-hydrogen) atoms. The maximum absolute atomic E-state index is 10.7. The summed E-state index contributed by atoms with van der Waals surface area (Å²) < 4.78 is 0. The summed E-state index contributed by atoms with van der Waals surface area (Å²) in [5, 5.41) is 10.7. The number of carbonyl (C=O) groups excluding carboxylic acids is 1. The fourth-order valence-electron chi connectivity index (χ4n) is 1.55. The molecule has 0 aliphatic heterocycles. The third kappa shape index (κ3) is 2.11. The van der Waals surface area contributed by atoms with Gasteiger partial charge in [-0.2, -0.15) is 0 Å². The molecule has 1 saturated carbocycles. The van der Waals surface area contributed by atoms with Gasteiger partial charge in [0.1, 0.15) is 0 Å². The average molecular weight is 172 g/mol. The molecule has 0 spiro atoms. The van der Waals surface area contributed by atoms with Crippen molar-refractivity contribution in [1.82, 2.24) is 5.32 Å². The zero-order chi connectivity index (χ0) is 9.14. The summed E-state index contributed by atoms with van der Waals surface area (Å²) in [7, 11) is 0. The molecule has 1 fully saturated rings. The molecule has 0 aromatic rings. The number of primary amides is 1. The zero-order valence-electron chi connectivity index (χ0n) is 6.62. The minimum Gasteiger partial charge on any atom is -0.465 e. The van der Waals surface area contributed by atoms with Crippen molar-refractivity contribution in [3.63, 3.8) is 0 Å². The first-order valence-corrected chi connectivity index (χ1v) is 3.88. The van der Waals surface area contributed by atoms with Crippen LogP contribution in [0.1, 0.15) is 19.3 Å². The number of hydrogen-bond acceptors (Lipinski definition) is 2. The van der Waals surface area contributed by atoms with E-state index in [0.717, 1.165) is 0 Å². The lowest BCUT2D eigenvalue weighted by molar-refractivity contribution is -0.121. The molecule has 0 aromatic heterocycles. The highest BCUT2D eigenvalue weighted by atomic mass is 16.4. The second kappa shape index (κ2) is 3.42. The van der Waals surface area contributed by atoms with E-state index in [-0.39, 0.29) is 17.9 Å². The summed E-state index contributed by atoms with van der Waals surface area (Å²) in [5.74, 6) is -0.480. The lowest BCUT2D eigenvalue weighted by atomic mass is 10.1. The van der Waals surface area contributed by atoms with Gasteiger partial charge >= 0.3 is 6.09 Å². The maximum Gasteiger partial charge on any atom is 0.404 e. The number of hydrogen-bond donors (Lipinski definition) is 3. The third-order valence-corrected chi connectivity index (χ3v) is 2.16. The van der Waals surface area contributed by atoms with Crippen LogP contribution in [0.3, 0.4) is 0 Å². The molecule has 0 aromatic carbocycles. The summed E-state index contributed by atoms with van der Waals surface area (Å²) in [6.07, 6.45) is 0.909. The second-order valence-corrected chi connectivity index (χ2v) is 3.06. The van der Waals surface area contributed by atoms with Gasteiger partial charge in [0, 0.05) is 12.0 Å². The standard InChI is InChI=1S/C7H12N2O3/c8-6(10)4-1-2-5(3-4)9-7(11)12/h4-5,9H,1-3H2,(H2,8,10)(H,11,12)/t4-,5?/m0/s1. The molecule has 1 unspecified atom stereocenters. The smallest absolute Gasteiger partial charge is 0.404 e. The molecule has 1 aliphatic rings. The Labute approximate surface area is 69.9 Å². The van der Waals surface area contributed by atoms with E-state index in [1.54, 1.807) is 0 Å². The van der Waals surface area contributed by atoms with Crippen LogP contribution in [0.15, 0.2) is 0 Å². The normalized spacial score (nSPS) is 28.3. The Kier molecular flexibility index (Phi) is 2.52. The molecule has 2 atom stereocenters. The summed E-state index contributed by atoms with van der Waals surface area (Å²) in [5.41, 5.74) is 5.08. The van der Waals surface area contributed by atoms with Gasteiger partial charge in [-0.3, -0.25) is 4.79 Å². The van der Waals surface area contributed by atoms with Crippen LogP contribution in [-0.2, 0) is 4.79 Å². The van der Waals surface area contributed by atoms with Crippen molar-refractivity contribution in [3.05, 3.63) is 0 Å². The van der Waals surface area contributed by atoms with Crippen molar-refractivity contribution in [1.29, 1.82) is 0 Å². The van der Waals surface area contributed by atoms with E-state index >= 15 is 0 Å². The first-order chi connectivity index (χ1) is 5.59. The van der Waals surface area contributed by atoms with Crippen LogP contribution in [-0.4, -0.2) is 23.1 Å². The monoisotopic (exact) mass is 172 g/mol. The number of amides is 2. The predicted octanol–water partition coefficient (Wildman–Crippen LogP) is -0.0920. The minimum absolute atomic E-state index is 0.0972. The number of carboxylic acid groups (broad SMARTS) is 1. The highest BCUT2D eigenvalue weighted by molar-refractivity contribution is 5.77. The molecule has 2 amide bonds. The molecule has 1 rings (SSSR count). The van der Waals surface area contributed by atoms with Crippen LogP contribution < -0.4 is 11.1 Å². The summed E-state index contributed by atoms with van der Waals surface area (Å²) in [6.45, 7) is 0. The zero-order valence-corrected chi connectivity index (χ0v) is 6.62. The van der Waals surface area contributed by atoms with Crippen LogP contribution in [0.25, 0.3) is 0 Å². The minimum atomic E-state index is -1.04. The lowest BCUT2D eigenvalue weighted by Crippen LogP contribution is -2.32. The third-order valence-electron chi connectivity index (χ3n) is 2.16. The molecule has 0 bridgehead atoms. The van der Waals surface area contributed by atoms with Crippen molar-refractivity contribution in [3.8, 4) is 0 Å².